The van der Waals surface area contributed by atoms with Gasteiger partial charge in [0.05, 0.1) is 25.4 Å². The molecule has 1 heterocycles. The molecule has 0 aliphatic carbocycles. The fraction of sp³-hybridized carbons (Fsp3) is 0.500. The normalized spacial score (nSPS) is 10.1. The van der Waals surface area contributed by atoms with Crippen molar-refractivity contribution in [3.63, 3.8) is 0 Å². The van der Waals surface area contributed by atoms with Crippen molar-refractivity contribution in [2.24, 2.45) is 0 Å². The van der Waals surface area contributed by atoms with Crippen molar-refractivity contribution in [2.75, 3.05) is 25.1 Å². The molecule has 0 radical (unpaired) electrons. The summed E-state index contributed by atoms with van der Waals surface area (Å²) < 4.78 is 4.62. The molecule has 0 fully saturated rings. The molecule has 0 N–H and O–H groups in total. The lowest BCUT2D eigenvalue weighted by Crippen LogP contribution is -2.26. The number of methoxy groups -OCH3 is 1. The number of nitrogens with zero attached hydrogens (tertiary/aromatic N) is 2. The minimum atomic E-state index is -0.232. The number of carbonyl (C=O) groups is 2. The maximum absolute atomic E-state index is 11.5. The van der Waals surface area contributed by atoms with Crippen LogP contribution in [0.1, 0.15) is 37.2 Å². The Morgan fingerprint density at radius 1 is 1.32 bits per heavy atom. The lowest BCUT2D eigenvalue weighted by molar-refractivity contribution is -0.140. The standard InChI is InChI=1S/C14H20N2O3/c1-4-13(17)12-7-6-11(10-15-12)16(5-2)9-8-14(18)19-3/h6-7,10H,4-5,8-9H2,1-3H3. The number of anilines is 1. The van der Waals surface area contributed by atoms with Gasteiger partial charge in [0.2, 0.25) is 0 Å². The second kappa shape index (κ2) is 7.51. The zero-order chi connectivity index (χ0) is 14.3. The molecule has 1 aromatic heterocycles. The highest BCUT2D eigenvalue weighted by atomic mass is 16.5. The van der Waals surface area contributed by atoms with Crippen LogP contribution in [0.2, 0.25) is 0 Å². The van der Waals surface area contributed by atoms with E-state index in [4.69, 9.17) is 0 Å². The van der Waals surface area contributed by atoms with Gasteiger partial charge in [0, 0.05) is 19.5 Å². The molecular weight excluding hydrogens is 244 g/mol. The summed E-state index contributed by atoms with van der Waals surface area (Å²) in [4.78, 5) is 28.8. The third kappa shape index (κ3) is 4.35. The quantitative estimate of drug-likeness (QED) is 0.557. The summed E-state index contributed by atoms with van der Waals surface area (Å²) in [6.45, 7) is 5.15. The van der Waals surface area contributed by atoms with Gasteiger partial charge in [-0.15, -0.1) is 0 Å². The first kappa shape index (κ1) is 15.1. The molecule has 1 aromatic rings. The van der Waals surface area contributed by atoms with Crippen LogP contribution in [0.15, 0.2) is 18.3 Å². The highest BCUT2D eigenvalue weighted by Gasteiger charge is 2.10. The van der Waals surface area contributed by atoms with E-state index in [1.54, 1.807) is 12.3 Å². The third-order valence-electron chi connectivity index (χ3n) is 2.92. The Bertz CT molecular complexity index is 429. The van der Waals surface area contributed by atoms with Gasteiger partial charge in [-0.1, -0.05) is 6.92 Å². The molecule has 0 atom stereocenters. The predicted octanol–water partition coefficient (Wildman–Crippen LogP) is 2.06. The summed E-state index contributed by atoms with van der Waals surface area (Å²) in [6.07, 6.45) is 2.45. The molecule has 0 aromatic carbocycles. The van der Waals surface area contributed by atoms with Crippen LogP contribution < -0.4 is 4.90 Å². The molecule has 0 spiro atoms. The predicted molar refractivity (Wildman–Crippen MR) is 73.4 cm³/mol. The Hall–Kier alpha value is -1.91. The molecule has 0 aliphatic heterocycles. The van der Waals surface area contributed by atoms with E-state index in [1.807, 2.05) is 24.8 Å². The molecule has 104 valence electrons. The molecule has 0 bridgehead atoms. The lowest BCUT2D eigenvalue weighted by atomic mass is 10.2. The minimum absolute atomic E-state index is 0.0316. The molecule has 0 saturated carbocycles. The zero-order valence-electron chi connectivity index (χ0n) is 11.7. The highest BCUT2D eigenvalue weighted by Crippen LogP contribution is 2.14. The number of esters is 1. The number of carbonyl (C=O) groups excluding carboxylic acids is 2. The SMILES string of the molecule is CCC(=O)c1ccc(N(CC)CCC(=O)OC)cn1. The summed E-state index contributed by atoms with van der Waals surface area (Å²) in [5.74, 6) is -0.201. The highest BCUT2D eigenvalue weighted by molar-refractivity contribution is 5.94. The Balaban J connectivity index is 2.71. The van der Waals surface area contributed by atoms with Gasteiger partial charge in [0.15, 0.2) is 5.78 Å². The first-order valence-electron chi connectivity index (χ1n) is 6.43. The van der Waals surface area contributed by atoms with E-state index < -0.39 is 0 Å². The van der Waals surface area contributed by atoms with Crippen molar-refractivity contribution in [1.82, 2.24) is 4.98 Å². The zero-order valence-corrected chi connectivity index (χ0v) is 11.7. The van der Waals surface area contributed by atoms with Crippen LogP contribution in [0.4, 0.5) is 5.69 Å². The van der Waals surface area contributed by atoms with E-state index >= 15 is 0 Å². The van der Waals surface area contributed by atoms with Gasteiger partial charge in [0.1, 0.15) is 5.69 Å². The van der Waals surface area contributed by atoms with Crippen LogP contribution in [0, 0.1) is 0 Å². The van der Waals surface area contributed by atoms with E-state index in [0.717, 1.165) is 12.2 Å². The average molecular weight is 264 g/mol. The van der Waals surface area contributed by atoms with Gasteiger partial charge in [-0.2, -0.15) is 0 Å². The Kier molecular flexibility index (Phi) is 5.99. The first-order valence-corrected chi connectivity index (χ1v) is 6.43. The number of aromatic nitrogens is 1. The minimum Gasteiger partial charge on any atom is -0.469 e. The van der Waals surface area contributed by atoms with E-state index in [-0.39, 0.29) is 11.8 Å². The molecule has 19 heavy (non-hydrogen) atoms. The summed E-state index contributed by atoms with van der Waals surface area (Å²) >= 11 is 0. The maximum Gasteiger partial charge on any atom is 0.307 e. The molecule has 0 unspecified atom stereocenters. The number of pyridine rings is 1. The van der Waals surface area contributed by atoms with Crippen LogP contribution in [0.5, 0.6) is 0 Å². The number of ketones is 1. The van der Waals surface area contributed by atoms with Crippen LogP contribution in [-0.2, 0) is 9.53 Å². The lowest BCUT2D eigenvalue weighted by Gasteiger charge is -2.22. The molecule has 0 aliphatic rings. The van der Waals surface area contributed by atoms with Crippen LogP contribution in [0.3, 0.4) is 0 Å². The smallest absolute Gasteiger partial charge is 0.307 e. The van der Waals surface area contributed by atoms with Gasteiger partial charge >= 0.3 is 5.97 Å². The van der Waals surface area contributed by atoms with Crippen molar-refractivity contribution in [3.05, 3.63) is 24.0 Å². The monoisotopic (exact) mass is 264 g/mol. The molecule has 0 amide bonds. The molecule has 5 nitrogen and oxygen atoms in total. The Labute approximate surface area is 113 Å². The second-order valence-corrected chi connectivity index (χ2v) is 4.08. The first-order chi connectivity index (χ1) is 9.12. The van der Waals surface area contributed by atoms with E-state index in [9.17, 15) is 9.59 Å². The number of hydrogen-bond donors (Lipinski definition) is 0. The number of hydrogen-bond acceptors (Lipinski definition) is 5. The van der Waals surface area contributed by atoms with Crippen LogP contribution in [-0.4, -0.2) is 36.9 Å². The summed E-state index contributed by atoms with van der Waals surface area (Å²) in [7, 11) is 1.38. The average Bonchev–Trinajstić information content (AvgIpc) is 2.47. The van der Waals surface area contributed by atoms with Crippen molar-refractivity contribution < 1.29 is 14.3 Å². The van der Waals surface area contributed by atoms with E-state index in [0.29, 0.717) is 25.1 Å². The molecule has 5 heteroatoms. The van der Waals surface area contributed by atoms with E-state index in [1.165, 1.54) is 7.11 Å². The number of rotatable bonds is 7. The summed E-state index contributed by atoms with van der Waals surface area (Å²) in [6, 6.07) is 3.58. The fourth-order valence-corrected chi connectivity index (χ4v) is 1.72. The van der Waals surface area contributed by atoms with Gasteiger partial charge in [-0.05, 0) is 19.1 Å². The van der Waals surface area contributed by atoms with Crippen LogP contribution in [0.25, 0.3) is 0 Å². The molecular formula is C14H20N2O3. The summed E-state index contributed by atoms with van der Waals surface area (Å²) in [5, 5.41) is 0. The molecule has 1 rings (SSSR count). The van der Waals surface area contributed by atoms with Gasteiger partial charge in [0.25, 0.3) is 0 Å². The fourth-order valence-electron chi connectivity index (χ4n) is 1.72. The van der Waals surface area contributed by atoms with Gasteiger partial charge in [-0.25, -0.2) is 0 Å². The topological polar surface area (TPSA) is 59.5 Å². The number of Topliss-reactive ketones (excluding diaryl/α,β-unsaturated/α-hetero) is 1. The maximum atomic E-state index is 11.5. The summed E-state index contributed by atoms with van der Waals surface area (Å²) in [5.41, 5.74) is 1.38. The van der Waals surface area contributed by atoms with Crippen molar-refractivity contribution >= 4 is 17.4 Å². The second-order valence-electron chi connectivity index (χ2n) is 4.08. The molecule has 0 saturated heterocycles. The van der Waals surface area contributed by atoms with Crippen molar-refractivity contribution in [3.8, 4) is 0 Å². The Morgan fingerprint density at radius 3 is 2.53 bits per heavy atom. The largest absolute Gasteiger partial charge is 0.469 e. The van der Waals surface area contributed by atoms with Crippen molar-refractivity contribution in [1.29, 1.82) is 0 Å². The van der Waals surface area contributed by atoms with Gasteiger partial charge < -0.3 is 9.64 Å². The number of ether oxygens (including phenoxy) is 1. The van der Waals surface area contributed by atoms with Crippen molar-refractivity contribution in [2.45, 2.75) is 26.7 Å². The third-order valence-corrected chi connectivity index (χ3v) is 2.92. The van der Waals surface area contributed by atoms with Crippen LogP contribution >= 0.6 is 0 Å². The van der Waals surface area contributed by atoms with Gasteiger partial charge in [-0.3, -0.25) is 14.6 Å². The van der Waals surface area contributed by atoms with E-state index in [2.05, 4.69) is 9.72 Å². The Morgan fingerprint density at radius 2 is 2.05 bits per heavy atom.